The molecule has 1 aromatic heterocycles. The van der Waals surface area contributed by atoms with Gasteiger partial charge in [-0.25, -0.2) is 4.68 Å². The summed E-state index contributed by atoms with van der Waals surface area (Å²) < 4.78 is 1.77. The predicted molar refractivity (Wildman–Crippen MR) is 95.9 cm³/mol. The molecule has 6 heteroatoms. The van der Waals surface area contributed by atoms with Crippen molar-refractivity contribution in [2.24, 2.45) is 0 Å². The smallest absolute Gasteiger partial charge is 0.257 e. The van der Waals surface area contributed by atoms with Crippen molar-refractivity contribution < 1.29 is 4.79 Å². The van der Waals surface area contributed by atoms with Gasteiger partial charge in [-0.2, -0.15) is 5.10 Å². The maximum absolute atomic E-state index is 13.1. The van der Waals surface area contributed by atoms with Crippen LogP contribution >= 0.6 is 11.6 Å². The summed E-state index contributed by atoms with van der Waals surface area (Å²) in [7, 11) is 0. The van der Waals surface area contributed by atoms with Gasteiger partial charge >= 0.3 is 0 Å². The van der Waals surface area contributed by atoms with Crippen LogP contribution in [-0.2, 0) is 0 Å². The first-order valence-corrected chi connectivity index (χ1v) is 8.82. The first kappa shape index (κ1) is 17.0. The third-order valence-electron chi connectivity index (χ3n) is 4.49. The first-order valence-electron chi connectivity index (χ1n) is 8.44. The number of carbonyl (C=O) groups is 1. The Kier molecular flexibility index (Phi) is 5.21. The SMILES string of the molecule is CCCN(C(=O)c1cnn(-c2cccc(Cl)c2)c1C)C1CCNC1. The number of amides is 1. The van der Waals surface area contributed by atoms with Gasteiger partial charge in [0.05, 0.1) is 23.1 Å². The number of aromatic nitrogens is 2. The lowest BCUT2D eigenvalue weighted by Crippen LogP contribution is -2.42. The van der Waals surface area contributed by atoms with Crippen molar-refractivity contribution in [3.8, 4) is 5.69 Å². The number of benzene rings is 1. The van der Waals surface area contributed by atoms with Gasteiger partial charge in [-0.3, -0.25) is 4.79 Å². The molecule has 2 heterocycles. The third-order valence-corrected chi connectivity index (χ3v) is 4.73. The number of hydrogen-bond acceptors (Lipinski definition) is 3. The molecule has 1 N–H and O–H groups in total. The summed E-state index contributed by atoms with van der Waals surface area (Å²) in [6.45, 7) is 6.64. The molecule has 1 fully saturated rings. The second kappa shape index (κ2) is 7.36. The van der Waals surface area contributed by atoms with Crippen LogP contribution in [0.15, 0.2) is 30.5 Å². The summed E-state index contributed by atoms with van der Waals surface area (Å²) in [4.78, 5) is 15.1. The van der Waals surface area contributed by atoms with Crippen LogP contribution < -0.4 is 5.32 Å². The minimum Gasteiger partial charge on any atom is -0.334 e. The highest BCUT2D eigenvalue weighted by Crippen LogP contribution is 2.21. The van der Waals surface area contributed by atoms with E-state index in [0.29, 0.717) is 10.6 Å². The second-order valence-electron chi connectivity index (χ2n) is 6.18. The van der Waals surface area contributed by atoms with Gasteiger partial charge < -0.3 is 10.2 Å². The highest BCUT2D eigenvalue weighted by Gasteiger charge is 2.28. The Balaban J connectivity index is 1.90. The predicted octanol–water partition coefficient (Wildman–Crippen LogP) is 3.05. The molecule has 1 amide bonds. The Morgan fingerprint density at radius 2 is 2.33 bits per heavy atom. The van der Waals surface area contributed by atoms with Crippen molar-refractivity contribution in [1.82, 2.24) is 20.0 Å². The van der Waals surface area contributed by atoms with Crippen LogP contribution in [-0.4, -0.2) is 46.3 Å². The van der Waals surface area contributed by atoms with E-state index in [0.717, 1.165) is 43.9 Å². The Morgan fingerprint density at radius 1 is 1.50 bits per heavy atom. The normalized spacial score (nSPS) is 17.2. The van der Waals surface area contributed by atoms with Gasteiger partial charge in [-0.05, 0) is 44.5 Å². The molecule has 5 nitrogen and oxygen atoms in total. The minimum absolute atomic E-state index is 0.0660. The Labute approximate surface area is 147 Å². The molecule has 1 aliphatic rings. The lowest BCUT2D eigenvalue weighted by atomic mass is 10.1. The molecule has 0 saturated carbocycles. The van der Waals surface area contributed by atoms with Gasteiger partial charge in [-0.15, -0.1) is 0 Å². The van der Waals surface area contributed by atoms with Crippen LogP contribution in [0.25, 0.3) is 5.69 Å². The number of rotatable bonds is 5. The van der Waals surface area contributed by atoms with Crippen LogP contribution in [0.2, 0.25) is 5.02 Å². The van der Waals surface area contributed by atoms with Crippen molar-refractivity contribution in [2.75, 3.05) is 19.6 Å². The van der Waals surface area contributed by atoms with E-state index in [1.807, 2.05) is 36.1 Å². The van der Waals surface area contributed by atoms with Crippen LogP contribution in [0.4, 0.5) is 0 Å². The van der Waals surface area contributed by atoms with Gasteiger partial charge in [0.2, 0.25) is 0 Å². The molecule has 1 atom stereocenters. The summed E-state index contributed by atoms with van der Waals surface area (Å²) in [6, 6.07) is 7.76. The molecule has 1 unspecified atom stereocenters. The molecular formula is C18H23ClN4O. The molecule has 1 aliphatic heterocycles. The van der Waals surface area contributed by atoms with E-state index >= 15 is 0 Å². The van der Waals surface area contributed by atoms with Gasteiger partial charge in [-0.1, -0.05) is 24.6 Å². The standard InChI is InChI=1S/C18H23ClN4O/c1-3-9-22(16-7-8-20-11-16)18(24)17-12-21-23(13(17)2)15-6-4-5-14(19)10-15/h4-6,10,12,16,20H,3,7-9,11H2,1-2H3. The molecule has 1 aromatic carbocycles. The minimum atomic E-state index is 0.0660. The van der Waals surface area contributed by atoms with Gasteiger partial charge in [0, 0.05) is 24.2 Å². The summed E-state index contributed by atoms with van der Waals surface area (Å²) in [5.74, 6) is 0.0660. The van der Waals surface area contributed by atoms with Crippen LogP contribution in [0.1, 0.15) is 35.8 Å². The Bertz CT molecular complexity index is 722. The summed E-state index contributed by atoms with van der Waals surface area (Å²) in [5.41, 5.74) is 2.37. The fourth-order valence-electron chi connectivity index (χ4n) is 3.24. The van der Waals surface area contributed by atoms with E-state index in [2.05, 4.69) is 17.3 Å². The third kappa shape index (κ3) is 3.32. The topological polar surface area (TPSA) is 50.2 Å². The van der Waals surface area contributed by atoms with Crippen molar-refractivity contribution in [2.45, 2.75) is 32.7 Å². The zero-order chi connectivity index (χ0) is 17.1. The number of nitrogens with zero attached hydrogens (tertiary/aromatic N) is 3. The molecule has 2 aromatic rings. The maximum Gasteiger partial charge on any atom is 0.257 e. The molecule has 0 bridgehead atoms. The quantitative estimate of drug-likeness (QED) is 0.905. The number of halogens is 1. The summed E-state index contributed by atoms with van der Waals surface area (Å²) in [6.07, 6.45) is 3.63. The highest BCUT2D eigenvalue weighted by atomic mass is 35.5. The lowest BCUT2D eigenvalue weighted by Gasteiger charge is -2.28. The van der Waals surface area contributed by atoms with Crippen molar-refractivity contribution >= 4 is 17.5 Å². The van der Waals surface area contributed by atoms with Crippen molar-refractivity contribution in [3.63, 3.8) is 0 Å². The maximum atomic E-state index is 13.1. The number of carbonyl (C=O) groups excluding carboxylic acids is 1. The van der Waals surface area contributed by atoms with Crippen LogP contribution in [0.5, 0.6) is 0 Å². The van der Waals surface area contributed by atoms with E-state index in [-0.39, 0.29) is 11.9 Å². The molecule has 0 spiro atoms. The van der Waals surface area contributed by atoms with E-state index in [1.165, 1.54) is 0 Å². The van der Waals surface area contributed by atoms with Crippen LogP contribution in [0.3, 0.4) is 0 Å². The zero-order valence-corrected chi connectivity index (χ0v) is 14.9. The second-order valence-corrected chi connectivity index (χ2v) is 6.62. The van der Waals surface area contributed by atoms with E-state index in [1.54, 1.807) is 10.9 Å². The zero-order valence-electron chi connectivity index (χ0n) is 14.1. The summed E-state index contributed by atoms with van der Waals surface area (Å²) in [5, 5.41) is 8.40. The highest BCUT2D eigenvalue weighted by molar-refractivity contribution is 6.30. The Morgan fingerprint density at radius 3 is 3.00 bits per heavy atom. The fourth-order valence-corrected chi connectivity index (χ4v) is 3.42. The van der Waals surface area contributed by atoms with Gasteiger partial charge in [0.1, 0.15) is 0 Å². The lowest BCUT2D eigenvalue weighted by molar-refractivity contribution is 0.0691. The summed E-state index contributed by atoms with van der Waals surface area (Å²) >= 11 is 6.07. The molecule has 24 heavy (non-hydrogen) atoms. The van der Waals surface area contributed by atoms with Crippen molar-refractivity contribution in [3.05, 3.63) is 46.7 Å². The van der Waals surface area contributed by atoms with Crippen LogP contribution in [0, 0.1) is 6.92 Å². The fraction of sp³-hybridized carbons (Fsp3) is 0.444. The first-order chi connectivity index (χ1) is 11.6. The van der Waals surface area contributed by atoms with E-state index < -0.39 is 0 Å². The van der Waals surface area contributed by atoms with Gasteiger partial charge in [0.25, 0.3) is 5.91 Å². The number of hydrogen-bond donors (Lipinski definition) is 1. The molecule has 1 saturated heterocycles. The molecule has 3 rings (SSSR count). The molecule has 128 valence electrons. The monoisotopic (exact) mass is 346 g/mol. The Hall–Kier alpha value is -1.85. The average Bonchev–Trinajstić information content (AvgIpc) is 3.21. The van der Waals surface area contributed by atoms with E-state index in [9.17, 15) is 4.79 Å². The largest absolute Gasteiger partial charge is 0.334 e. The number of nitrogens with one attached hydrogen (secondary N) is 1. The van der Waals surface area contributed by atoms with Gasteiger partial charge in [0.15, 0.2) is 0 Å². The van der Waals surface area contributed by atoms with Crippen molar-refractivity contribution in [1.29, 1.82) is 0 Å². The molecule has 0 aliphatic carbocycles. The molecule has 0 radical (unpaired) electrons. The molecular weight excluding hydrogens is 324 g/mol. The average molecular weight is 347 g/mol. The van der Waals surface area contributed by atoms with E-state index in [4.69, 9.17) is 11.6 Å².